The Kier molecular flexibility index (Phi) is 3.60. The quantitative estimate of drug-likeness (QED) is 0.651. The molecule has 2 heterocycles. The summed E-state index contributed by atoms with van der Waals surface area (Å²) in [6.07, 6.45) is 2.73. The minimum atomic E-state index is -0.587. The maximum Gasteiger partial charge on any atom is 0.372 e. The molecular formula is C11H12N4O4. The molecule has 0 aliphatic heterocycles. The van der Waals surface area contributed by atoms with E-state index in [0.29, 0.717) is 5.76 Å². The highest BCUT2D eigenvalue weighted by atomic mass is 16.6. The van der Waals surface area contributed by atoms with E-state index in [-0.39, 0.29) is 23.4 Å². The first kappa shape index (κ1) is 12.8. The predicted molar refractivity (Wildman–Crippen MR) is 66.0 cm³/mol. The van der Waals surface area contributed by atoms with Crippen molar-refractivity contribution in [2.45, 2.75) is 13.0 Å². The lowest BCUT2D eigenvalue weighted by molar-refractivity contribution is -0.385. The zero-order valence-electron chi connectivity index (χ0n) is 10.4. The highest BCUT2D eigenvalue weighted by Gasteiger charge is 2.25. The van der Waals surface area contributed by atoms with E-state index in [2.05, 4.69) is 15.3 Å². The molecule has 0 saturated heterocycles. The van der Waals surface area contributed by atoms with Crippen molar-refractivity contribution in [3.05, 3.63) is 40.6 Å². The third-order valence-corrected chi connectivity index (χ3v) is 2.49. The van der Waals surface area contributed by atoms with Gasteiger partial charge in [0.2, 0.25) is 5.82 Å². The second-order valence-corrected chi connectivity index (χ2v) is 3.72. The average Bonchev–Trinajstić information content (AvgIpc) is 2.92. The molecule has 1 atom stereocenters. The molecule has 0 aromatic carbocycles. The number of nitro groups is 1. The van der Waals surface area contributed by atoms with E-state index in [1.807, 2.05) is 0 Å². The molecule has 100 valence electrons. The molecule has 2 aromatic rings. The zero-order chi connectivity index (χ0) is 13.8. The molecule has 1 N–H and O–H groups in total. The van der Waals surface area contributed by atoms with Crippen LogP contribution in [-0.4, -0.2) is 22.0 Å². The van der Waals surface area contributed by atoms with Crippen molar-refractivity contribution in [2.75, 3.05) is 12.4 Å². The van der Waals surface area contributed by atoms with E-state index in [1.54, 1.807) is 19.1 Å². The van der Waals surface area contributed by atoms with Gasteiger partial charge in [0.25, 0.3) is 5.88 Å². The van der Waals surface area contributed by atoms with Gasteiger partial charge in [0.05, 0.1) is 24.3 Å². The van der Waals surface area contributed by atoms with E-state index in [0.717, 1.165) is 0 Å². The summed E-state index contributed by atoms with van der Waals surface area (Å²) in [5.74, 6) is 0.641. The number of hydrogen-bond acceptors (Lipinski definition) is 7. The predicted octanol–water partition coefficient (Wildman–Crippen LogP) is 2.16. The van der Waals surface area contributed by atoms with Crippen LogP contribution in [0.1, 0.15) is 18.7 Å². The van der Waals surface area contributed by atoms with Gasteiger partial charge < -0.3 is 14.5 Å². The van der Waals surface area contributed by atoms with Crippen molar-refractivity contribution in [1.82, 2.24) is 9.97 Å². The summed E-state index contributed by atoms with van der Waals surface area (Å²) >= 11 is 0. The second kappa shape index (κ2) is 5.34. The molecule has 2 aromatic heterocycles. The Morgan fingerprint density at radius 3 is 2.89 bits per heavy atom. The number of methoxy groups -OCH3 is 1. The molecule has 0 fully saturated rings. The second-order valence-electron chi connectivity index (χ2n) is 3.72. The van der Waals surface area contributed by atoms with E-state index < -0.39 is 4.92 Å². The number of aromatic nitrogens is 2. The number of anilines is 1. The molecule has 0 spiro atoms. The molecule has 0 radical (unpaired) electrons. The lowest BCUT2D eigenvalue weighted by Gasteiger charge is -2.12. The summed E-state index contributed by atoms with van der Waals surface area (Å²) in [5.41, 5.74) is -0.302. The summed E-state index contributed by atoms with van der Waals surface area (Å²) < 4.78 is 10.1. The third-order valence-electron chi connectivity index (χ3n) is 2.49. The summed E-state index contributed by atoms with van der Waals surface area (Å²) in [7, 11) is 1.31. The Bertz CT molecular complexity index is 570. The monoisotopic (exact) mass is 264 g/mol. The first-order valence-electron chi connectivity index (χ1n) is 5.46. The van der Waals surface area contributed by atoms with Crippen LogP contribution in [0.25, 0.3) is 0 Å². The van der Waals surface area contributed by atoms with Crippen molar-refractivity contribution < 1.29 is 14.1 Å². The number of nitrogens with zero attached hydrogens (tertiary/aromatic N) is 3. The molecule has 2 rings (SSSR count). The number of ether oxygens (including phenoxy) is 1. The van der Waals surface area contributed by atoms with E-state index in [4.69, 9.17) is 9.15 Å². The van der Waals surface area contributed by atoms with Crippen LogP contribution in [-0.2, 0) is 0 Å². The van der Waals surface area contributed by atoms with Gasteiger partial charge >= 0.3 is 5.69 Å². The van der Waals surface area contributed by atoms with E-state index >= 15 is 0 Å². The standard InChI is InChI=1S/C11H12N4O4/c1-7(8-4-3-5-19-8)14-10-9(15(16)17)11(18-2)13-6-12-10/h3-7H,1-2H3,(H,12,13,14). The van der Waals surface area contributed by atoms with Crippen LogP contribution in [0.2, 0.25) is 0 Å². The topological polar surface area (TPSA) is 103 Å². The Hall–Kier alpha value is -2.64. The lowest BCUT2D eigenvalue weighted by Crippen LogP contribution is -2.10. The van der Waals surface area contributed by atoms with Gasteiger partial charge in [-0.1, -0.05) is 0 Å². The van der Waals surface area contributed by atoms with Gasteiger partial charge in [0.15, 0.2) is 0 Å². The number of rotatable bonds is 5. The van der Waals surface area contributed by atoms with Crippen molar-refractivity contribution in [1.29, 1.82) is 0 Å². The minimum absolute atomic E-state index is 0.0840. The SMILES string of the molecule is COc1ncnc(NC(C)c2ccco2)c1[N+](=O)[O-]. The maximum atomic E-state index is 11.1. The molecular weight excluding hydrogens is 252 g/mol. The smallest absolute Gasteiger partial charge is 0.372 e. The van der Waals surface area contributed by atoms with Crippen LogP contribution in [0.15, 0.2) is 29.1 Å². The Labute approximate surface area is 108 Å². The Balaban J connectivity index is 2.32. The van der Waals surface area contributed by atoms with Crippen LogP contribution in [0.4, 0.5) is 11.5 Å². The van der Waals surface area contributed by atoms with Gasteiger partial charge in [-0.15, -0.1) is 0 Å². The van der Waals surface area contributed by atoms with Gasteiger partial charge in [0, 0.05) is 0 Å². The fourth-order valence-corrected chi connectivity index (χ4v) is 1.60. The van der Waals surface area contributed by atoms with Gasteiger partial charge in [-0.3, -0.25) is 10.1 Å². The Morgan fingerprint density at radius 1 is 1.53 bits per heavy atom. The van der Waals surface area contributed by atoms with Crippen LogP contribution < -0.4 is 10.1 Å². The lowest BCUT2D eigenvalue weighted by atomic mass is 10.2. The van der Waals surface area contributed by atoms with Gasteiger partial charge in [-0.25, -0.2) is 4.98 Å². The van der Waals surface area contributed by atoms with Crippen LogP contribution in [0.5, 0.6) is 5.88 Å². The molecule has 0 amide bonds. The van der Waals surface area contributed by atoms with E-state index in [1.165, 1.54) is 19.7 Å². The van der Waals surface area contributed by atoms with Crippen LogP contribution in [0.3, 0.4) is 0 Å². The first-order valence-corrected chi connectivity index (χ1v) is 5.46. The van der Waals surface area contributed by atoms with Crippen molar-refractivity contribution >= 4 is 11.5 Å². The largest absolute Gasteiger partial charge is 0.476 e. The highest BCUT2D eigenvalue weighted by Crippen LogP contribution is 2.32. The molecule has 1 unspecified atom stereocenters. The summed E-state index contributed by atoms with van der Waals surface area (Å²) in [6, 6.07) is 3.23. The third kappa shape index (κ3) is 2.62. The minimum Gasteiger partial charge on any atom is -0.476 e. The summed E-state index contributed by atoms with van der Waals surface area (Å²) in [6.45, 7) is 1.80. The van der Waals surface area contributed by atoms with Gasteiger partial charge in [-0.05, 0) is 19.1 Å². The fourth-order valence-electron chi connectivity index (χ4n) is 1.60. The molecule has 8 heteroatoms. The molecule has 19 heavy (non-hydrogen) atoms. The molecule has 0 saturated carbocycles. The van der Waals surface area contributed by atoms with Crippen LogP contribution >= 0.6 is 0 Å². The van der Waals surface area contributed by atoms with Gasteiger partial charge in [-0.2, -0.15) is 4.98 Å². The highest BCUT2D eigenvalue weighted by molar-refractivity contribution is 5.61. The fraction of sp³-hybridized carbons (Fsp3) is 0.273. The van der Waals surface area contributed by atoms with Crippen molar-refractivity contribution in [2.24, 2.45) is 0 Å². The normalized spacial score (nSPS) is 11.9. The maximum absolute atomic E-state index is 11.1. The first-order chi connectivity index (χ1) is 9.13. The zero-order valence-corrected chi connectivity index (χ0v) is 10.4. The van der Waals surface area contributed by atoms with E-state index in [9.17, 15) is 10.1 Å². The molecule has 0 aliphatic carbocycles. The average molecular weight is 264 g/mol. The van der Waals surface area contributed by atoms with Gasteiger partial charge in [0.1, 0.15) is 12.1 Å². The van der Waals surface area contributed by atoms with Crippen LogP contribution in [0, 0.1) is 10.1 Å². The molecule has 0 bridgehead atoms. The number of nitrogens with one attached hydrogen (secondary N) is 1. The number of hydrogen-bond donors (Lipinski definition) is 1. The molecule has 8 nitrogen and oxygen atoms in total. The van der Waals surface area contributed by atoms with Crippen molar-refractivity contribution in [3.63, 3.8) is 0 Å². The Morgan fingerprint density at radius 2 is 2.32 bits per heavy atom. The molecule has 0 aliphatic rings. The van der Waals surface area contributed by atoms with Crippen molar-refractivity contribution in [3.8, 4) is 5.88 Å². The summed E-state index contributed by atoms with van der Waals surface area (Å²) in [5, 5.41) is 14.0. The summed E-state index contributed by atoms with van der Waals surface area (Å²) in [4.78, 5) is 18.0. The number of furan rings is 1.